The van der Waals surface area contributed by atoms with Crippen molar-refractivity contribution in [2.75, 3.05) is 34.9 Å². The number of carbonyl (C=O) groups excluding carboxylic acids is 2. The molecule has 0 bridgehead atoms. The lowest BCUT2D eigenvalue weighted by Crippen LogP contribution is -2.32. The van der Waals surface area contributed by atoms with E-state index in [1.807, 2.05) is 0 Å². The summed E-state index contributed by atoms with van der Waals surface area (Å²) in [6, 6.07) is 7.06. The van der Waals surface area contributed by atoms with Crippen molar-refractivity contribution in [2.24, 2.45) is 0 Å². The molecule has 1 aliphatic rings. The van der Waals surface area contributed by atoms with Gasteiger partial charge in [0, 0.05) is 18.3 Å². The van der Waals surface area contributed by atoms with Gasteiger partial charge in [0.05, 0.1) is 12.3 Å². The van der Waals surface area contributed by atoms with Crippen LogP contribution in [0.25, 0.3) is 0 Å². The van der Waals surface area contributed by atoms with Crippen molar-refractivity contribution in [1.82, 2.24) is 9.97 Å². The van der Waals surface area contributed by atoms with Gasteiger partial charge in [0.25, 0.3) is 0 Å². The van der Waals surface area contributed by atoms with E-state index in [9.17, 15) is 9.59 Å². The van der Waals surface area contributed by atoms with Gasteiger partial charge in [-0.3, -0.25) is 9.59 Å². The monoisotopic (exact) mass is 353 g/mol. The standard InChI is InChI=1S/C17H15N5O2S/c1-3-11-5-4-6-12(7-11)20-13(23)8-22(2)16-15-17(19-10-18-16)25-9-14(24)21-15/h1,4-7,10H,8-9H2,2H3,(H,20,23)(H,21,24). The highest BCUT2D eigenvalue weighted by Crippen LogP contribution is 2.35. The Morgan fingerprint density at radius 2 is 2.32 bits per heavy atom. The summed E-state index contributed by atoms with van der Waals surface area (Å²) in [6.45, 7) is 0.0598. The lowest BCUT2D eigenvalue weighted by Gasteiger charge is -2.23. The second-order valence-electron chi connectivity index (χ2n) is 5.34. The molecule has 0 atom stereocenters. The molecule has 0 unspecified atom stereocenters. The van der Waals surface area contributed by atoms with Crippen LogP contribution in [0.5, 0.6) is 0 Å². The number of fused-ring (bicyclic) bond motifs is 1. The number of rotatable bonds is 4. The Bertz CT molecular complexity index is 878. The summed E-state index contributed by atoms with van der Waals surface area (Å²) < 4.78 is 0. The van der Waals surface area contributed by atoms with E-state index in [4.69, 9.17) is 6.42 Å². The van der Waals surface area contributed by atoms with Crippen LogP contribution in [-0.2, 0) is 9.59 Å². The van der Waals surface area contributed by atoms with E-state index in [1.165, 1.54) is 18.1 Å². The van der Waals surface area contributed by atoms with Crippen LogP contribution < -0.4 is 15.5 Å². The fraction of sp³-hybridized carbons (Fsp3) is 0.176. The summed E-state index contributed by atoms with van der Waals surface area (Å²) in [5, 5.41) is 6.25. The Hall–Kier alpha value is -3.05. The maximum atomic E-state index is 12.3. The minimum atomic E-state index is -0.223. The van der Waals surface area contributed by atoms with Crippen LogP contribution in [0, 0.1) is 12.3 Å². The second kappa shape index (κ2) is 7.23. The van der Waals surface area contributed by atoms with Crippen LogP contribution >= 0.6 is 11.8 Å². The Balaban J connectivity index is 1.72. The number of anilines is 3. The maximum absolute atomic E-state index is 12.3. The molecule has 0 saturated carbocycles. The Labute approximate surface area is 149 Å². The summed E-state index contributed by atoms with van der Waals surface area (Å²) in [5.41, 5.74) is 1.85. The van der Waals surface area contributed by atoms with Gasteiger partial charge in [0.1, 0.15) is 17.0 Å². The van der Waals surface area contributed by atoms with E-state index >= 15 is 0 Å². The molecule has 2 aromatic rings. The number of nitrogens with zero attached hydrogens (tertiary/aromatic N) is 3. The first-order chi connectivity index (χ1) is 12.1. The Kier molecular flexibility index (Phi) is 4.86. The fourth-order valence-corrected chi connectivity index (χ4v) is 3.10. The third-order valence-corrected chi connectivity index (χ3v) is 4.44. The Morgan fingerprint density at radius 3 is 3.12 bits per heavy atom. The number of likely N-dealkylation sites (N-methyl/N-ethyl adjacent to an activating group) is 1. The molecule has 2 N–H and O–H groups in total. The van der Waals surface area contributed by atoms with Gasteiger partial charge >= 0.3 is 0 Å². The first-order valence-corrected chi connectivity index (χ1v) is 8.40. The van der Waals surface area contributed by atoms with E-state index in [0.29, 0.717) is 33.5 Å². The number of aromatic nitrogens is 2. The van der Waals surface area contributed by atoms with Crippen molar-refractivity contribution in [3.63, 3.8) is 0 Å². The van der Waals surface area contributed by atoms with Gasteiger partial charge in [-0.1, -0.05) is 23.7 Å². The van der Waals surface area contributed by atoms with Gasteiger partial charge < -0.3 is 15.5 Å². The van der Waals surface area contributed by atoms with Gasteiger partial charge in [-0.15, -0.1) is 6.42 Å². The number of benzene rings is 1. The van der Waals surface area contributed by atoms with Crippen LogP contribution in [0.4, 0.5) is 17.2 Å². The van der Waals surface area contributed by atoms with Crippen LogP contribution in [0.1, 0.15) is 5.56 Å². The highest BCUT2D eigenvalue weighted by molar-refractivity contribution is 8.00. The number of nitrogens with one attached hydrogen (secondary N) is 2. The molecule has 1 aromatic heterocycles. The quantitative estimate of drug-likeness (QED) is 0.641. The Morgan fingerprint density at radius 1 is 1.48 bits per heavy atom. The molecule has 0 radical (unpaired) electrons. The largest absolute Gasteiger partial charge is 0.348 e. The van der Waals surface area contributed by atoms with Crippen molar-refractivity contribution < 1.29 is 9.59 Å². The van der Waals surface area contributed by atoms with E-state index in [1.54, 1.807) is 36.2 Å². The summed E-state index contributed by atoms with van der Waals surface area (Å²) >= 11 is 1.34. The zero-order valence-electron chi connectivity index (χ0n) is 13.4. The molecule has 2 amide bonds. The van der Waals surface area contributed by atoms with Crippen LogP contribution in [0.3, 0.4) is 0 Å². The average Bonchev–Trinajstić information content (AvgIpc) is 2.61. The summed E-state index contributed by atoms with van der Waals surface area (Å²) in [7, 11) is 1.73. The SMILES string of the molecule is C#Cc1cccc(NC(=O)CN(C)c2ncnc3c2NC(=O)CS3)c1. The average molecular weight is 353 g/mol. The van der Waals surface area contributed by atoms with Gasteiger partial charge in [-0.25, -0.2) is 9.97 Å². The molecular weight excluding hydrogens is 338 g/mol. The first-order valence-electron chi connectivity index (χ1n) is 7.42. The highest BCUT2D eigenvalue weighted by Gasteiger charge is 2.23. The van der Waals surface area contributed by atoms with Gasteiger partial charge in [0.2, 0.25) is 11.8 Å². The normalized spacial score (nSPS) is 12.6. The van der Waals surface area contributed by atoms with Crippen LogP contribution in [0.15, 0.2) is 35.6 Å². The number of carbonyl (C=O) groups is 2. The van der Waals surface area contributed by atoms with Crippen molar-refractivity contribution in [3.8, 4) is 12.3 Å². The smallest absolute Gasteiger partial charge is 0.243 e. The van der Waals surface area contributed by atoms with E-state index < -0.39 is 0 Å². The van der Waals surface area contributed by atoms with Crippen LogP contribution in [0.2, 0.25) is 0 Å². The molecule has 1 aliphatic heterocycles. The fourth-order valence-electron chi connectivity index (χ4n) is 2.36. The first kappa shape index (κ1) is 16.8. The zero-order chi connectivity index (χ0) is 17.8. The predicted octanol–water partition coefficient (Wildman–Crippen LogP) is 1.58. The lowest BCUT2D eigenvalue weighted by atomic mass is 10.2. The van der Waals surface area contributed by atoms with Crippen molar-refractivity contribution in [3.05, 3.63) is 36.2 Å². The number of terminal acetylenes is 1. The molecule has 126 valence electrons. The lowest BCUT2D eigenvalue weighted by molar-refractivity contribution is -0.115. The third kappa shape index (κ3) is 3.89. The number of amides is 2. The van der Waals surface area contributed by atoms with E-state index in [0.717, 1.165) is 0 Å². The number of hydrogen-bond donors (Lipinski definition) is 2. The van der Waals surface area contributed by atoms with Crippen molar-refractivity contribution in [2.45, 2.75) is 5.03 Å². The zero-order valence-corrected chi connectivity index (χ0v) is 14.3. The van der Waals surface area contributed by atoms with E-state index in [-0.39, 0.29) is 18.4 Å². The minimum Gasteiger partial charge on any atom is -0.348 e. The number of hydrogen-bond acceptors (Lipinski definition) is 6. The highest BCUT2D eigenvalue weighted by atomic mass is 32.2. The molecule has 25 heavy (non-hydrogen) atoms. The maximum Gasteiger partial charge on any atom is 0.243 e. The second-order valence-corrected chi connectivity index (χ2v) is 6.31. The van der Waals surface area contributed by atoms with E-state index in [2.05, 4.69) is 26.5 Å². The molecule has 8 heteroatoms. The van der Waals surface area contributed by atoms with Gasteiger partial charge in [-0.05, 0) is 18.2 Å². The molecule has 2 heterocycles. The van der Waals surface area contributed by atoms with Gasteiger partial charge in [0.15, 0.2) is 5.82 Å². The van der Waals surface area contributed by atoms with Gasteiger partial charge in [-0.2, -0.15) is 0 Å². The molecule has 0 aliphatic carbocycles. The van der Waals surface area contributed by atoms with Crippen molar-refractivity contribution in [1.29, 1.82) is 0 Å². The molecule has 0 saturated heterocycles. The molecule has 0 fully saturated rings. The van der Waals surface area contributed by atoms with Crippen LogP contribution in [-0.4, -0.2) is 41.1 Å². The number of thioether (sulfide) groups is 1. The summed E-state index contributed by atoms with van der Waals surface area (Å²) in [6.07, 6.45) is 6.78. The summed E-state index contributed by atoms with van der Waals surface area (Å²) in [4.78, 5) is 33.9. The molecule has 7 nitrogen and oxygen atoms in total. The molecule has 3 rings (SSSR count). The molecule has 0 spiro atoms. The molecular formula is C17H15N5O2S. The topological polar surface area (TPSA) is 87.2 Å². The van der Waals surface area contributed by atoms with Crippen molar-refractivity contribution >= 4 is 40.8 Å². The third-order valence-electron chi connectivity index (χ3n) is 3.45. The minimum absolute atomic E-state index is 0.0598. The predicted molar refractivity (Wildman–Crippen MR) is 97.7 cm³/mol. The molecule has 1 aromatic carbocycles. The summed E-state index contributed by atoms with van der Waals surface area (Å²) in [5.74, 6) is 3.00.